The second-order valence-corrected chi connectivity index (χ2v) is 6.58. The van der Waals surface area contributed by atoms with Crippen LogP contribution in [0.4, 0.5) is 0 Å². The third kappa shape index (κ3) is 2.16. The van der Waals surface area contributed by atoms with Gasteiger partial charge in [0.05, 0.1) is 0 Å². The molecule has 0 aliphatic heterocycles. The highest BCUT2D eigenvalue weighted by Crippen LogP contribution is 2.46. The van der Waals surface area contributed by atoms with Crippen LogP contribution in [0.1, 0.15) is 58.8 Å². The van der Waals surface area contributed by atoms with Gasteiger partial charge in [0.2, 0.25) is 0 Å². The van der Waals surface area contributed by atoms with Crippen molar-refractivity contribution in [3.63, 3.8) is 0 Å². The molecule has 16 heavy (non-hydrogen) atoms. The summed E-state index contributed by atoms with van der Waals surface area (Å²) in [6.45, 7) is 4.85. The van der Waals surface area contributed by atoms with Gasteiger partial charge in [0.15, 0.2) is 0 Å². The monoisotopic (exact) mass is 221 g/mol. The van der Waals surface area contributed by atoms with Gasteiger partial charge in [-0.25, -0.2) is 0 Å². The van der Waals surface area contributed by atoms with Gasteiger partial charge in [0.25, 0.3) is 0 Å². The lowest BCUT2D eigenvalue weighted by Gasteiger charge is -2.27. The zero-order valence-electron chi connectivity index (χ0n) is 10.9. The highest BCUT2D eigenvalue weighted by atomic mass is 15.0. The van der Waals surface area contributed by atoms with Gasteiger partial charge < -0.3 is 5.32 Å². The van der Waals surface area contributed by atoms with E-state index >= 15 is 0 Å². The Labute approximate surface area is 100 Å². The average molecular weight is 221 g/mol. The van der Waals surface area contributed by atoms with Gasteiger partial charge in [-0.2, -0.15) is 0 Å². The van der Waals surface area contributed by atoms with E-state index in [0.29, 0.717) is 0 Å². The first-order valence-electron chi connectivity index (χ1n) is 7.55. The predicted octanol–water partition coefficient (Wildman–Crippen LogP) is 3.59. The van der Waals surface area contributed by atoms with Crippen LogP contribution in [0.5, 0.6) is 0 Å². The molecule has 3 saturated carbocycles. The summed E-state index contributed by atoms with van der Waals surface area (Å²) < 4.78 is 0. The first-order valence-corrected chi connectivity index (χ1v) is 7.55. The van der Waals surface area contributed by atoms with E-state index in [2.05, 4.69) is 19.2 Å². The van der Waals surface area contributed by atoms with Crippen LogP contribution in [0.2, 0.25) is 0 Å². The molecule has 3 aliphatic rings. The summed E-state index contributed by atoms with van der Waals surface area (Å²) in [4.78, 5) is 0. The van der Waals surface area contributed by atoms with Crippen molar-refractivity contribution < 1.29 is 0 Å². The minimum absolute atomic E-state index is 0.844. The molecule has 1 nitrogen and oxygen atoms in total. The van der Waals surface area contributed by atoms with E-state index in [4.69, 9.17) is 0 Å². The van der Waals surface area contributed by atoms with Gasteiger partial charge in [-0.15, -0.1) is 0 Å². The Morgan fingerprint density at radius 2 is 1.62 bits per heavy atom. The minimum atomic E-state index is 0.844. The Hall–Kier alpha value is -0.0400. The molecule has 0 saturated heterocycles. The van der Waals surface area contributed by atoms with Crippen LogP contribution in [-0.2, 0) is 0 Å². The van der Waals surface area contributed by atoms with Crippen LogP contribution in [0, 0.1) is 23.7 Å². The molecular weight excluding hydrogens is 194 g/mol. The van der Waals surface area contributed by atoms with Crippen LogP contribution in [0.3, 0.4) is 0 Å². The fourth-order valence-corrected chi connectivity index (χ4v) is 3.87. The maximum Gasteiger partial charge on any atom is 0.0126 e. The zero-order chi connectivity index (χ0) is 11.1. The molecule has 92 valence electrons. The molecule has 0 spiro atoms. The fourth-order valence-electron chi connectivity index (χ4n) is 3.87. The molecular formula is C15H27N. The van der Waals surface area contributed by atoms with Crippen LogP contribution >= 0.6 is 0 Å². The smallest absolute Gasteiger partial charge is 0.0126 e. The van der Waals surface area contributed by atoms with Crippen LogP contribution in [0.15, 0.2) is 0 Å². The fraction of sp³-hybridized carbons (Fsp3) is 1.00. The van der Waals surface area contributed by atoms with E-state index in [9.17, 15) is 0 Å². The quantitative estimate of drug-likeness (QED) is 0.748. The van der Waals surface area contributed by atoms with Gasteiger partial charge in [0, 0.05) is 12.1 Å². The second kappa shape index (κ2) is 4.33. The standard InChI is InChI=1S/C15H27N/c1-3-11-8-9-14(10(11)2)16-15(12-4-5-12)13-6-7-13/h10-16H,3-9H2,1-2H3. The lowest BCUT2D eigenvalue weighted by atomic mass is 9.92. The van der Waals surface area contributed by atoms with Gasteiger partial charge in [-0.3, -0.25) is 0 Å². The third-order valence-electron chi connectivity index (χ3n) is 5.42. The summed E-state index contributed by atoms with van der Waals surface area (Å²) in [5.74, 6) is 4.03. The topological polar surface area (TPSA) is 12.0 Å². The molecule has 3 unspecified atom stereocenters. The van der Waals surface area contributed by atoms with Crippen LogP contribution in [-0.4, -0.2) is 12.1 Å². The Morgan fingerprint density at radius 3 is 2.06 bits per heavy atom. The molecule has 0 aromatic heterocycles. The average Bonchev–Trinajstić information content (AvgIpc) is 3.15. The molecule has 3 rings (SSSR count). The molecule has 0 aromatic carbocycles. The van der Waals surface area contributed by atoms with Crippen molar-refractivity contribution in [2.45, 2.75) is 70.9 Å². The number of hydrogen-bond donors (Lipinski definition) is 1. The molecule has 0 radical (unpaired) electrons. The molecule has 0 bridgehead atoms. The summed E-state index contributed by atoms with van der Waals surface area (Å²) in [6.07, 6.45) is 10.3. The number of rotatable bonds is 5. The maximum absolute atomic E-state index is 4.05. The highest BCUT2D eigenvalue weighted by Gasteiger charge is 2.43. The maximum atomic E-state index is 4.05. The van der Waals surface area contributed by atoms with E-state index in [0.717, 1.165) is 35.8 Å². The highest BCUT2D eigenvalue weighted by molar-refractivity contribution is 4.99. The SMILES string of the molecule is CCC1CCC(NC(C2CC2)C2CC2)C1C. The molecule has 3 atom stereocenters. The molecule has 0 heterocycles. The van der Waals surface area contributed by atoms with Crippen molar-refractivity contribution in [2.75, 3.05) is 0 Å². The van der Waals surface area contributed by atoms with Crippen molar-refractivity contribution in [2.24, 2.45) is 23.7 Å². The van der Waals surface area contributed by atoms with Crippen molar-refractivity contribution >= 4 is 0 Å². The molecule has 0 aromatic rings. The van der Waals surface area contributed by atoms with Gasteiger partial charge >= 0.3 is 0 Å². The van der Waals surface area contributed by atoms with E-state index in [1.54, 1.807) is 0 Å². The van der Waals surface area contributed by atoms with Crippen LogP contribution < -0.4 is 5.32 Å². The largest absolute Gasteiger partial charge is 0.310 e. The van der Waals surface area contributed by atoms with E-state index in [-0.39, 0.29) is 0 Å². The summed E-state index contributed by atoms with van der Waals surface area (Å²) in [5, 5.41) is 4.05. The third-order valence-corrected chi connectivity index (χ3v) is 5.42. The Kier molecular flexibility index (Phi) is 2.99. The van der Waals surface area contributed by atoms with E-state index in [1.807, 2.05) is 0 Å². The van der Waals surface area contributed by atoms with Gasteiger partial charge in [0.1, 0.15) is 0 Å². The van der Waals surface area contributed by atoms with E-state index < -0.39 is 0 Å². The Bertz CT molecular complexity index is 230. The van der Waals surface area contributed by atoms with Crippen molar-refractivity contribution in [3.8, 4) is 0 Å². The zero-order valence-corrected chi connectivity index (χ0v) is 10.9. The Morgan fingerprint density at radius 1 is 1.00 bits per heavy atom. The summed E-state index contributed by atoms with van der Waals surface area (Å²) in [6, 6.07) is 1.75. The molecule has 0 amide bonds. The molecule has 3 fully saturated rings. The molecule has 1 N–H and O–H groups in total. The second-order valence-electron chi connectivity index (χ2n) is 6.58. The van der Waals surface area contributed by atoms with Gasteiger partial charge in [-0.1, -0.05) is 20.3 Å². The first kappa shape index (κ1) is 11.1. The van der Waals surface area contributed by atoms with Crippen molar-refractivity contribution in [3.05, 3.63) is 0 Å². The summed E-state index contributed by atoms with van der Waals surface area (Å²) >= 11 is 0. The van der Waals surface area contributed by atoms with Gasteiger partial charge in [-0.05, 0) is 62.2 Å². The summed E-state index contributed by atoms with van der Waals surface area (Å²) in [7, 11) is 0. The van der Waals surface area contributed by atoms with Crippen molar-refractivity contribution in [1.82, 2.24) is 5.32 Å². The van der Waals surface area contributed by atoms with Crippen LogP contribution in [0.25, 0.3) is 0 Å². The Balaban J connectivity index is 1.56. The van der Waals surface area contributed by atoms with Crippen molar-refractivity contribution in [1.29, 1.82) is 0 Å². The lowest BCUT2D eigenvalue weighted by Crippen LogP contribution is -2.43. The number of nitrogens with one attached hydrogen (secondary N) is 1. The summed E-state index contributed by atoms with van der Waals surface area (Å²) in [5.41, 5.74) is 0. The molecule has 3 aliphatic carbocycles. The lowest BCUT2D eigenvalue weighted by molar-refractivity contribution is 0.292. The first-order chi connectivity index (χ1) is 7.79. The number of hydrogen-bond acceptors (Lipinski definition) is 1. The molecule has 1 heteroatoms. The normalized spacial score (nSPS) is 39.6. The van der Waals surface area contributed by atoms with E-state index in [1.165, 1.54) is 44.9 Å². The minimum Gasteiger partial charge on any atom is -0.310 e. The predicted molar refractivity (Wildman–Crippen MR) is 68.3 cm³/mol.